The van der Waals surface area contributed by atoms with Crippen molar-refractivity contribution < 1.29 is 9.53 Å². The molecule has 1 aliphatic heterocycles. The van der Waals surface area contributed by atoms with Gasteiger partial charge in [0.2, 0.25) is 5.91 Å². The molecule has 2 heterocycles. The Kier molecular flexibility index (Phi) is 5.21. The zero-order valence-corrected chi connectivity index (χ0v) is 18.2. The first-order valence-corrected chi connectivity index (χ1v) is 10.7. The molecule has 5 nitrogen and oxygen atoms in total. The van der Waals surface area contributed by atoms with E-state index in [0.29, 0.717) is 5.75 Å². The van der Waals surface area contributed by atoms with Crippen molar-refractivity contribution in [2.45, 2.75) is 19.1 Å². The second kappa shape index (κ2) is 7.64. The van der Waals surface area contributed by atoms with Crippen LogP contribution in [0.2, 0.25) is 0 Å². The third kappa shape index (κ3) is 3.44. The van der Waals surface area contributed by atoms with E-state index in [1.807, 2.05) is 48.9 Å². The van der Waals surface area contributed by atoms with Gasteiger partial charge in [-0.1, -0.05) is 28.1 Å². The number of ether oxygens (including phenoxy) is 1. The van der Waals surface area contributed by atoms with E-state index >= 15 is 0 Å². The lowest BCUT2D eigenvalue weighted by Crippen LogP contribution is -2.15. The third-order valence-corrected chi connectivity index (χ3v) is 6.47. The molecular formula is C21H20BrN3O2S. The Morgan fingerprint density at radius 3 is 2.82 bits per heavy atom. The summed E-state index contributed by atoms with van der Waals surface area (Å²) in [5, 5.41) is 7.77. The van der Waals surface area contributed by atoms with E-state index < -0.39 is 0 Å². The van der Waals surface area contributed by atoms with Crippen molar-refractivity contribution in [1.29, 1.82) is 0 Å². The summed E-state index contributed by atoms with van der Waals surface area (Å²) in [6.07, 6.45) is 0. The number of rotatable bonds is 3. The fourth-order valence-electron chi connectivity index (χ4n) is 3.49. The highest BCUT2D eigenvalue weighted by atomic mass is 79.9. The smallest absolute Gasteiger partial charge is 0.235 e. The summed E-state index contributed by atoms with van der Waals surface area (Å²) in [6, 6.07) is 14.1. The number of anilines is 1. The van der Waals surface area contributed by atoms with Crippen LogP contribution < -0.4 is 10.1 Å². The molecule has 0 fully saturated rings. The molecule has 144 valence electrons. The Morgan fingerprint density at radius 2 is 2.07 bits per heavy atom. The summed E-state index contributed by atoms with van der Waals surface area (Å²) in [7, 11) is 1.67. The average Bonchev–Trinajstić information content (AvgIpc) is 2.88. The molecule has 0 radical (unpaired) electrons. The van der Waals surface area contributed by atoms with Crippen molar-refractivity contribution in [2.24, 2.45) is 0 Å². The van der Waals surface area contributed by atoms with E-state index in [2.05, 4.69) is 33.4 Å². The second-order valence-electron chi connectivity index (χ2n) is 6.72. The highest BCUT2D eigenvalue weighted by Gasteiger charge is 2.32. The largest absolute Gasteiger partial charge is 0.496 e. The van der Waals surface area contributed by atoms with Crippen LogP contribution in [0.15, 0.2) is 46.9 Å². The zero-order chi connectivity index (χ0) is 19.8. The first-order chi connectivity index (χ1) is 13.5. The van der Waals surface area contributed by atoms with Crippen LogP contribution in [0.3, 0.4) is 0 Å². The summed E-state index contributed by atoms with van der Waals surface area (Å²) >= 11 is 5.15. The molecule has 1 aliphatic rings. The number of methoxy groups -OCH3 is 1. The lowest BCUT2D eigenvalue weighted by molar-refractivity contribution is -0.113. The van der Waals surface area contributed by atoms with E-state index in [0.717, 1.165) is 44.1 Å². The number of halogens is 1. The van der Waals surface area contributed by atoms with Gasteiger partial charge in [-0.15, -0.1) is 11.8 Å². The molecule has 2 aromatic carbocycles. The van der Waals surface area contributed by atoms with Crippen LogP contribution >= 0.6 is 27.7 Å². The van der Waals surface area contributed by atoms with Gasteiger partial charge in [-0.05, 0) is 49.7 Å². The van der Waals surface area contributed by atoms with E-state index in [1.54, 1.807) is 18.9 Å². The number of thioether (sulfide) groups is 1. The van der Waals surface area contributed by atoms with Crippen LogP contribution in [0.1, 0.15) is 27.6 Å². The number of carbonyl (C=O) groups is 1. The van der Waals surface area contributed by atoms with Gasteiger partial charge in [0.25, 0.3) is 0 Å². The van der Waals surface area contributed by atoms with Crippen molar-refractivity contribution in [3.63, 3.8) is 0 Å². The number of carbonyl (C=O) groups excluding carboxylic acids is 1. The molecule has 4 rings (SSSR count). The molecule has 0 unspecified atom stereocenters. The number of nitrogens with one attached hydrogen (secondary N) is 1. The summed E-state index contributed by atoms with van der Waals surface area (Å²) in [4.78, 5) is 12.5. The minimum absolute atomic E-state index is 0.0310. The minimum atomic E-state index is -0.0695. The van der Waals surface area contributed by atoms with E-state index in [-0.39, 0.29) is 11.2 Å². The molecule has 0 bridgehead atoms. The van der Waals surface area contributed by atoms with Gasteiger partial charge in [-0.3, -0.25) is 4.79 Å². The minimum Gasteiger partial charge on any atom is -0.496 e. The Morgan fingerprint density at radius 1 is 1.25 bits per heavy atom. The number of aryl methyl sites for hydroxylation is 2. The lowest BCUT2D eigenvalue weighted by Gasteiger charge is -2.18. The van der Waals surface area contributed by atoms with Crippen LogP contribution in [-0.2, 0) is 4.79 Å². The van der Waals surface area contributed by atoms with Crippen LogP contribution in [0.25, 0.3) is 5.69 Å². The first-order valence-electron chi connectivity index (χ1n) is 8.89. The second-order valence-corrected chi connectivity index (χ2v) is 8.73. The molecule has 0 spiro atoms. The molecule has 0 saturated carbocycles. The molecule has 1 N–H and O–H groups in total. The quantitative estimate of drug-likeness (QED) is 0.598. The number of nitrogens with zero attached hydrogens (tertiary/aromatic N) is 2. The van der Waals surface area contributed by atoms with Crippen molar-refractivity contribution in [1.82, 2.24) is 9.78 Å². The molecule has 3 aromatic rings. The lowest BCUT2D eigenvalue weighted by atomic mass is 10.0. The molecule has 0 saturated heterocycles. The van der Waals surface area contributed by atoms with Gasteiger partial charge in [0.1, 0.15) is 11.6 Å². The highest BCUT2D eigenvalue weighted by molar-refractivity contribution is 9.10. The monoisotopic (exact) mass is 457 g/mol. The summed E-state index contributed by atoms with van der Waals surface area (Å²) in [6.45, 7) is 4.03. The van der Waals surface area contributed by atoms with Gasteiger partial charge in [-0.25, -0.2) is 4.68 Å². The number of amides is 1. The number of hydrogen-bond donors (Lipinski definition) is 1. The van der Waals surface area contributed by atoms with Crippen molar-refractivity contribution in [2.75, 3.05) is 18.2 Å². The summed E-state index contributed by atoms with van der Waals surface area (Å²) in [5.74, 6) is 1.85. The topological polar surface area (TPSA) is 56.1 Å². The van der Waals surface area contributed by atoms with Crippen molar-refractivity contribution in [3.05, 3.63) is 69.3 Å². The molecule has 7 heteroatoms. The fraction of sp³-hybridized carbons (Fsp3) is 0.238. The van der Waals surface area contributed by atoms with Gasteiger partial charge in [0.15, 0.2) is 0 Å². The standard InChI is InChI=1S/C21H20BrN3O2S/c1-12-5-4-6-15(9-12)25-21-19(13(2)24-25)20(28-11-18(26)23-21)16-10-14(22)7-8-17(16)27-3/h4-10,20H,11H2,1-3H3,(H,23,26)/t20-/m1/s1. The zero-order valence-electron chi connectivity index (χ0n) is 15.8. The number of benzene rings is 2. The van der Waals surface area contributed by atoms with Gasteiger partial charge >= 0.3 is 0 Å². The van der Waals surface area contributed by atoms with E-state index in [1.165, 1.54) is 0 Å². The Bertz CT molecular complexity index is 1060. The van der Waals surface area contributed by atoms with Crippen LogP contribution in [0, 0.1) is 13.8 Å². The van der Waals surface area contributed by atoms with Crippen LogP contribution in [0.5, 0.6) is 5.75 Å². The van der Waals surface area contributed by atoms with Crippen molar-refractivity contribution >= 4 is 39.4 Å². The molecular weight excluding hydrogens is 438 g/mol. The Hall–Kier alpha value is -2.25. The van der Waals surface area contributed by atoms with Crippen LogP contribution in [-0.4, -0.2) is 28.6 Å². The summed E-state index contributed by atoms with van der Waals surface area (Å²) < 4.78 is 8.42. The summed E-state index contributed by atoms with van der Waals surface area (Å²) in [5.41, 5.74) is 4.98. The molecule has 1 aromatic heterocycles. The Balaban J connectivity index is 1.93. The number of fused-ring (bicyclic) bond motifs is 1. The maximum Gasteiger partial charge on any atom is 0.235 e. The van der Waals surface area contributed by atoms with Gasteiger partial charge in [-0.2, -0.15) is 5.10 Å². The maximum atomic E-state index is 12.5. The number of aromatic nitrogens is 2. The molecule has 1 atom stereocenters. The number of hydrogen-bond acceptors (Lipinski definition) is 4. The Labute approximate surface area is 176 Å². The normalized spacial score (nSPS) is 16.3. The fourth-order valence-corrected chi connectivity index (χ4v) is 5.07. The van der Waals surface area contributed by atoms with Crippen molar-refractivity contribution in [3.8, 4) is 11.4 Å². The maximum absolute atomic E-state index is 12.5. The first kappa shape index (κ1) is 19.1. The molecule has 0 aliphatic carbocycles. The van der Waals surface area contributed by atoms with Crippen LogP contribution in [0.4, 0.5) is 5.82 Å². The van der Waals surface area contributed by atoms with E-state index in [9.17, 15) is 4.79 Å². The third-order valence-electron chi connectivity index (χ3n) is 4.73. The van der Waals surface area contributed by atoms with Gasteiger partial charge in [0, 0.05) is 15.6 Å². The van der Waals surface area contributed by atoms with E-state index in [4.69, 9.17) is 9.84 Å². The SMILES string of the molecule is COc1ccc(Br)cc1[C@H]1SCC(=O)Nc2c1c(C)nn2-c1cccc(C)c1. The highest BCUT2D eigenvalue weighted by Crippen LogP contribution is 2.47. The average molecular weight is 458 g/mol. The van der Waals surface area contributed by atoms with Gasteiger partial charge in [0.05, 0.1) is 29.5 Å². The molecule has 28 heavy (non-hydrogen) atoms. The molecule has 1 amide bonds. The predicted octanol–water partition coefficient (Wildman–Crippen LogP) is 5.03. The van der Waals surface area contributed by atoms with Gasteiger partial charge < -0.3 is 10.1 Å². The predicted molar refractivity (Wildman–Crippen MR) is 117 cm³/mol.